The molecule has 0 radical (unpaired) electrons. The largest absolute Gasteiger partial charge is 0.503 e. The van der Waals surface area contributed by atoms with E-state index in [2.05, 4.69) is 5.16 Å². The predicted molar refractivity (Wildman–Crippen MR) is 53.4 cm³/mol. The Balaban J connectivity index is 2.55. The summed E-state index contributed by atoms with van der Waals surface area (Å²) in [7, 11) is 0. The Bertz CT molecular complexity index is 465. The highest BCUT2D eigenvalue weighted by Gasteiger charge is 2.12. The van der Waals surface area contributed by atoms with Crippen molar-refractivity contribution in [3.05, 3.63) is 35.0 Å². The van der Waals surface area contributed by atoms with Gasteiger partial charge in [-0.05, 0) is 12.1 Å². The second-order valence-corrected chi connectivity index (χ2v) is 3.38. The van der Waals surface area contributed by atoms with Crippen molar-refractivity contribution in [2.45, 2.75) is 6.92 Å². The van der Waals surface area contributed by atoms with E-state index in [4.69, 9.17) is 16.1 Å². The zero-order chi connectivity index (χ0) is 10.1. The van der Waals surface area contributed by atoms with Crippen LogP contribution in [-0.4, -0.2) is 10.3 Å². The van der Waals surface area contributed by atoms with Crippen molar-refractivity contribution in [2.24, 2.45) is 0 Å². The molecule has 4 heteroatoms. The van der Waals surface area contributed by atoms with E-state index < -0.39 is 0 Å². The van der Waals surface area contributed by atoms with Crippen LogP contribution in [0.15, 0.2) is 28.8 Å². The van der Waals surface area contributed by atoms with E-state index in [9.17, 15) is 5.11 Å². The molecule has 0 spiro atoms. The summed E-state index contributed by atoms with van der Waals surface area (Å²) in [5.41, 5.74) is 1.16. The van der Waals surface area contributed by atoms with Crippen molar-refractivity contribution in [1.29, 1.82) is 0 Å². The van der Waals surface area contributed by atoms with E-state index in [1.165, 1.54) is 0 Å². The summed E-state index contributed by atoms with van der Waals surface area (Å²) in [4.78, 5) is 0. The highest BCUT2D eigenvalue weighted by atomic mass is 35.5. The first-order valence-electron chi connectivity index (χ1n) is 4.09. The quantitative estimate of drug-likeness (QED) is 0.785. The minimum atomic E-state index is 0.0623. The number of aromatic nitrogens is 1. The molecule has 3 nitrogen and oxygen atoms in total. The molecule has 0 amide bonds. The van der Waals surface area contributed by atoms with Crippen molar-refractivity contribution in [1.82, 2.24) is 5.16 Å². The molecule has 0 atom stereocenters. The molecular weight excluding hydrogens is 202 g/mol. The normalized spacial score (nSPS) is 10.4. The topological polar surface area (TPSA) is 46.3 Å². The standard InChI is InChI=1S/C10H8ClNO2/c1-6-10(13)9(12-14-6)7-3-2-4-8(11)5-7/h2-5,13H,1H3. The van der Waals surface area contributed by atoms with Crippen LogP contribution >= 0.6 is 11.6 Å². The Labute approximate surface area is 85.9 Å². The third-order valence-electron chi connectivity index (χ3n) is 1.93. The summed E-state index contributed by atoms with van der Waals surface area (Å²) in [5.74, 6) is 0.465. The Kier molecular flexibility index (Phi) is 2.17. The average molecular weight is 210 g/mol. The van der Waals surface area contributed by atoms with Crippen LogP contribution in [0.25, 0.3) is 11.3 Å². The van der Waals surface area contributed by atoms with Gasteiger partial charge in [-0.25, -0.2) is 0 Å². The van der Waals surface area contributed by atoms with Crippen LogP contribution in [0, 0.1) is 6.92 Å². The fourth-order valence-electron chi connectivity index (χ4n) is 1.19. The van der Waals surface area contributed by atoms with E-state index in [0.29, 0.717) is 16.5 Å². The molecule has 1 heterocycles. The van der Waals surface area contributed by atoms with Gasteiger partial charge in [0.2, 0.25) is 0 Å². The number of rotatable bonds is 1. The average Bonchev–Trinajstić information content (AvgIpc) is 2.48. The molecule has 0 saturated heterocycles. The van der Waals surface area contributed by atoms with Gasteiger partial charge in [0.25, 0.3) is 0 Å². The van der Waals surface area contributed by atoms with Crippen LogP contribution in [0.1, 0.15) is 5.76 Å². The lowest BCUT2D eigenvalue weighted by molar-refractivity contribution is 0.384. The summed E-state index contributed by atoms with van der Waals surface area (Å²) in [5, 5.41) is 13.9. The van der Waals surface area contributed by atoms with E-state index in [1.807, 2.05) is 6.07 Å². The number of hydrogen-bond donors (Lipinski definition) is 1. The monoisotopic (exact) mass is 209 g/mol. The van der Waals surface area contributed by atoms with Crippen molar-refractivity contribution in [2.75, 3.05) is 0 Å². The lowest BCUT2D eigenvalue weighted by Crippen LogP contribution is -1.77. The van der Waals surface area contributed by atoms with Crippen LogP contribution in [0.5, 0.6) is 5.75 Å². The molecule has 72 valence electrons. The molecule has 1 aromatic heterocycles. The second kappa shape index (κ2) is 3.35. The van der Waals surface area contributed by atoms with E-state index in [1.54, 1.807) is 25.1 Å². The molecule has 0 aliphatic heterocycles. The summed E-state index contributed by atoms with van der Waals surface area (Å²) >= 11 is 5.81. The van der Waals surface area contributed by atoms with Crippen molar-refractivity contribution < 1.29 is 9.63 Å². The molecule has 0 unspecified atom stereocenters. The fourth-order valence-corrected chi connectivity index (χ4v) is 1.38. The number of aryl methyl sites for hydroxylation is 1. The summed E-state index contributed by atoms with van der Waals surface area (Å²) in [6.07, 6.45) is 0. The van der Waals surface area contributed by atoms with E-state index in [-0.39, 0.29) is 5.75 Å². The van der Waals surface area contributed by atoms with Gasteiger partial charge in [0, 0.05) is 17.5 Å². The molecule has 0 bridgehead atoms. The number of aromatic hydroxyl groups is 1. The van der Waals surface area contributed by atoms with Crippen LogP contribution in [0.4, 0.5) is 0 Å². The Morgan fingerprint density at radius 2 is 2.21 bits per heavy atom. The maximum Gasteiger partial charge on any atom is 0.186 e. The fraction of sp³-hybridized carbons (Fsp3) is 0.100. The molecule has 2 aromatic rings. The molecule has 0 fully saturated rings. The minimum Gasteiger partial charge on any atom is -0.503 e. The Morgan fingerprint density at radius 1 is 1.43 bits per heavy atom. The first-order chi connectivity index (χ1) is 6.68. The molecule has 1 aromatic carbocycles. The van der Waals surface area contributed by atoms with Crippen molar-refractivity contribution >= 4 is 11.6 Å². The van der Waals surface area contributed by atoms with Gasteiger partial charge in [-0.3, -0.25) is 0 Å². The van der Waals surface area contributed by atoms with Crippen LogP contribution in [0.2, 0.25) is 5.02 Å². The number of nitrogens with zero attached hydrogens (tertiary/aromatic N) is 1. The molecule has 2 rings (SSSR count). The van der Waals surface area contributed by atoms with Crippen LogP contribution in [0.3, 0.4) is 0 Å². The summed E-state index contributed by atoms with van der Waals surface area (Å²) in [6, 6.07) is 7.08. The zero-order valence-electron chi connectivity index (χ0n) is 7.49. The highest BCUT2D eigenvalue weighted by Crippen LogP contribution is 2.31. The second-order valence-electron chi connectivity index (χ2n) is 2.95. The minimum absolute atomic E-state index is 0.0623. The van der Waals surface area contributed by atoms with Gasteiger partial charge >= 0.3 is 0 Å². The van der Waals surface area contributed by atoms with Gasteiger partial charge in [0.05, 0.1) is 0 Å². The van der Waals surface area contributed by atoms with Gasteiger partial charge in [-0.2, -0.15) is 0 Å². The third kappa shape index (κ3) is 1.46. The number of halogens is 1. The SMILES string of the molecule is Cc1onc(-c2cccc(Cl)c2)c1O. The lowest BCUT2D eigenvalue weighted by atomic mass is 10.1. The maximum absolute atomic E-state index is 9.58. The Morgan fingerprint density at radius 3 is 2.79 bits per heavy atom. The van der Waals surface area contributed by atoms with Crippen LogP contribution < -0.4 is 0 Å². The predicted octanol–water partition coefficient (Wildman–Crippen LogP) is 3.01. The smallest absolute Gasteiger partial charge is 0.186 e. The van der Waals surface area contributed by atoms with Gasteiger partial charge in [0.1, 0.15) is 0 Å². The van der Waals surface area contributed by atoms with E-state index in [0.717, 1.165) is 5.56 Å². The van der Waals surface area contributed by atoms with Gasteiger partial charge in [-0.1, -0.05) is 28.9 Å². The Hall–Kier alpha value is -1.48. The van der Waals surface area contributed by atoms with Crippen molar-refractivity contribution in [3.8, 4) is 17.0 Å². The van der Waals surface area contributed by atoms with Gasteiger partial charge in [0.15, 0.2) is 17.2 Å². The van der Waals surface area contributed by atoms with Crippen LogP contribution in [-0.2, 0) is 0 Å². The molecule has 1 N–H and O–H groups in total. The first-order valence-corrected chi connectivity index (χ1v) is 4.47. The number of benzene rings is 1. The molecular formula is C10H8ClNO2. The third-order valence-corrected chi connectivity index (χ3v) is 2.16. The maximum atomic E-state index is 9.58. The van der Waals surface area contributed by atoms with Gasteiger partial charge in [-0.15, -0.1) is 0 Å². The molecule has 0 saturated carbocycles. The first kappa shape index (κ1) is 9.09. The van der Waals surface area contributed by atoms with E-state index >= 15 is 0 Å². The summed E-state index contributed by atoms with van der Waals surface area (Å²) < 4.78 is 4.85. The lowest BCUT2D eigenvalue weighted by Gasteiger charge is -1.96. The van der Waals surface area contributed by atoms with Gasteiger partial charge < -0.3 is 9.63 Å². The molecule has 0 aliphatic carbocycles. The summed E-state index contributed by atoms with van der Waals surface area (Å²) in [6.45, 7) is 1.65. The highest BCUT2D eigenvalue weighted by molar-refractivity contribution is 6.30. The molecule has 0 aliphatic rings. The van der Waals surface area contributed by atoms with Crippen molar-refractivity contribution in [3.63, 3.8) is 0 Å². The number of hydrogen-bond acceptors (Lipinski definition) is 3. The zero-order valence-corrected chi connectivity index (χ0v) is 8.25. The molecule has 14 heavy (non-hydrogen) atoms.